The minimum Gasteiger partial charge on any atom is -0.466 e. The number of benzene rings is 1. The molecule has 2 saturated heterocycles. The van der Waals surface area contributed by atoms with Crippen molar-refractivity contribution in [3.8, 4) is 0 Å². The van der Waals surface area contributed by atoms with Gasteiger partial charge in [-0.15, -0.1) is 0 Å². The van der Waals surface area contributed by atoms with Gasteiger partial charge in [-0.25, -0.2) is 4.98 Å². The second-order valence-electron chi connectivity index (χ2n) is 9.77. The maximum atomic E-state index is 13.9. The predicted molar refractivity (Wildman–Crippen MR) is 130 cm³/mol. The summed E-state index contributed by atoms with van der Waals surface area (Å²) in [7, 11) is 0. The number of piperidine rings is 1. The van der Waals surface area contributed by atoms with Gasteiger partial charge in [0.1, 0.15) is 5.82 Å². The fourth-order valence-corrected chi connectivity index (χ4v) is 5.78. The number of piperazine rings is 1. The number of anilines is 2. The molecule has 0 saturated carbocycles. The van der Waals surface area contributed by atoms with Crippen LogP contribution in [0, 0.1) is 11.8 Å². The van der Waals surface area contributed by atoms with Crippen LogP contribution in [0.1, 0.15) is 30.9 Å². The van der Waals surface area contributed by atoms with Crippen LogP contribution in [0.4, 0.5) is 24.7 Å². The average Bonchev–Trinajstić information content (AvgIpc) is 2.91. The molecule has 0 bridgehead atoms. The number of alkyl halides is 3. The van der Waals surface area contributed by atoms with Crippen molar-refractivity contribution in [1.82, 2.24) is 14.9 Å². The Labute approximate surface area is 213 Å². The molecule has 0 aliphatic carbocycles. The monoisotopic (exact) mass is 517 g/mol. The molecule has 198 valence electrons. The number of likely N-dealkylation sites (tertiary alicyclic amines) is 1. The molecule has 0 spiro atoms. The van der Waals surface area contributed by atoms with Crippen molar-refractivity contribution in [2.45, 2.75) is 38.4 Å². The van der Waals surface area contributed by atoms with Crippen LogP contribution < -0.4 is 9.80 Å². The highest BCUT2D eigenvalue weighted by atomic mass is 19.4. The van der Waals surface area contributed by atoms with Crippen molar-refractivity contribution in [2.24, 2.45) is 11.8 Å². The second-order valence-corrected chi connectivity index (χ2v) is 9.77. The Hall–Kier alpha value is -3.37. The van der Waals surface area contributed by atoms with Gasteiger partial charge in [0.15, 0.2) is 0 Å². The topological polar surface area (TPSA) is 78.9 Å². The standard InChI is InChI=1S/C26H30F3N5O3/c1-2-37-25(36)17-5-9-32(10-6-17)24(35)20-14-18-13-19(26(27,28)29)3-4-21(18)34-12-11-33(16-22(20)34)23-15-30-7-8-31-23/h3-4,7-8,13,15,17,20,22H,2,5-6,9-12,14,16H2,1H3/t20-,22+/m1/s1. The lowest BCUT2D eigenvalue weighted by molar-refractivity contribution is -0.152. The maximum Gasteiger partial charge on any atom is 0.416 e. The zero-order valence-electron chi connectivity index (χ0n) is 20.7. The van der Waals surface area contributed by atoms with Crippen LogP contribution in [0.25, 0.3) is 0 Å². The molecule has 0 unspecified atom stereocenters. The van der Waals surface area contributed by atoms with Crippen molar-refractivity contribution in [2.75, 3.05) is 49.1 Å². The third-order valence-corrected chi connectivity index (χ3v) is 7.66. The second kappa shape index (κ2) is 10.2. The minimum absolute atomic E-state index is 0.0821. The molecule has 3 aliphatic rings. The number of hydrogen-bond acceptors (Lipinski definition) is 7. The molecular formula is C26H30F3N5O3. The molecule has 0 radical (unpaired) electrons. The molecule has 2 aromatic rings. The number of rotatable bonds is 4. The number of fused-ring (bicyclic) bond motifs is 3. The van der Waals surface area contributed by atoms with E-state index in [1.165, 1.54) is 12.1 Å². The summed E-state index contributed by atoms with van der Waals surface area (Å²) in [4.78, 5) is 40.5. The van der Waals surface area contributed by atoms with Crippen LogP contribution in [0.5, 0.6) is 0 Å². The van der Waals surface area contributed by atoms with Gasteiger partial charge in [-0.2, -0.15) is 13.2 Å². The molecule has 5 rings (SSSR count). The van der Waals surface area contributed by atoms with E-state index in [0.29, 0.717) is 63.6 Å². The van der Waals surface area contributed by atoms with Gasteiger partial charge in [0, 0.05) is 50.8 Å². The summed E-state index contributed by atoms with van der Waals surface area (Å²) >= 11 is 0. The van der Waals surface area contributed by atoms with E-state index < -0.39 is 17.7 Å². The highest BCUT2D eigenvalue weighted by molar-refractivity contribution is 5.83. The molecule has 0 N–H and O–H groups in total. The smallest absolute Gasteiger partial charge is 0.416 e. The highest BCUT2D eigenvalue weighted by Gasteiger charge is 2.45. The molecule has 4 heterocycles. The first-order chi connectivity index (χ1) is 17.8. The van der Waals surface area contributed by atoms with Crippen molar-refractivity contribution < 1.29 is 27.5 Å². The first kappa shape index (κ1) is 25.3. The largest absolute Gasteiger partial charge is 0.466 e. The average molecular weight is 518 g/mol. The first-order valence-corrected chi connectivity index (χ1v) is 12.7. The number of ether oxygens (including phenoxy) is 1. The Kier molecular flexibility index (Phi) is 6.96. The molecule has 3 aliphatic heterocycles. The van der Waals surface area contributed by atoms with E-state index in [1.807, 2.05) is 0 Å². The van der Waals surface area contributed by atoms with Gasteiger partial charge in [0.25, 0.3) is 0 Å². The Bertz CT molecular complexity index is 1140. The SMILES string of the molecule is CCOC(=O)C1CCN(C(=O)[C@@H]2Cc3cc(C(F)(F)F)ccc3N3CCN(c4cnccn4)C[C@@H]23)CC1. The summed E-state index contributed by atoms with van der Waals surface area (Å²) in [5.74, 6) is -0.361. The maximum absolute atomic E-state index is 13.9. The van der Waals surface area contributed by atoms with Crippen LogP contribution in [-0.4, -0.2) is 72.1 Å². The number of aromatic nitrogens is 2. The Morgan fingerprint density at radius 3 is 2.57 bits per heavy atom. The zero-order chi connectivity index (χ0) is 26.2. The van der Waals surface area contributed by atoms with E-state index in [1.54, 1.807) is 30.4 Å². The summed E-state index contributed by atoms with van der Waals surface area (Å²) in [6.07, 6.45) is 1.71. The third kappa shape index (κ3) is 5.08. The van der Waals surface area contributed by atoms with Gasteiger partial charge >= 0.3 is 12.1 Å². The number of amides is 1. The van der Waals surface area contributed by atoms with Gasteiger partial charge in [-0.05, 0) is 49.9 Å². The van der Waals surface area contributed by atoms with Gasteiger partial charge in [0.2, 0.25) is 5.91 Å². The molecule has 2 atom stereocenters. The number of hydrogen-bond donors (Lipinski definition) is 0. The number of halogens is 3. The minimum atomic E-state index is -4.45. The third-order valence-electron chi connectivity index (χ3n) is 7.66. The predicted octanol–water partition coefficient (Wildman–Crippen LogP) is 3.16. The molecule has 8 nitrogen and oxygen atoms in total. The Morgan fingerprint density at radius 1 is 1.11 bits per heavy atom. The number of carbonyl (C=O) groups is 2. The molecule has 11 heteroatoms. The van der Waals surface area contributed by atoms with Crippen LogP contribution in [-0.2, 0) is 26.9 Å². The Morgan fingerprint density at radius 2 is 1.89 bits per heavy atom. The first-order valence-electron chi connectivity index (χ1n) is 12.7. The van der Waals surface area contributed by atoms with Gasteiger partial charge < -0.3 is 19.4 Å². The van der Waals surface area contributed by atoms with Gasteiger partial charge in [-0.3, -0.25) is 14.6 Å². The molecule has 2 fully saturated rings. The number of carbonyl (C=O) groups excluding carboxylic acids is 2. The lowest BCUT2D eigenvalue weighted by atomic mass is 9.82. The van der Waals surface area contributed by atoms with Crippen LogP contribution >= 0.6 is 0 Å². The molecular weight excluding hydrogens is 487 g/mol. The fraction of sp³-hybridized carbons (Fsp3) is 0.538. The van der Waals surface area contributed by atoms with E-state index >= 15 is 0 Å². The quantitative estimate of drug-likeness (QED) is 0.577. The number of nitrogens with zero attached hydrogens (tertiary/aromatic N) is 5. The summed E-state index contributed by atoms with van der Waals surface area (Å²) in [5.41, 5.74) is 0.588. The molecule has 37 heavy (non-hydrogen) atoms. The van der Waals surface area contributed by atoms with E-state index in [9.17, 15) is 22.8 Å². The molecule has 1 amide bonds. The normalized spacial score (nSPS) is 22.3. The van der Waals surface area contributed by atoms with Gasteiger partial charge in [0.05, 0.1) is 36.2 Å². The Balaban J connectivity index is 1.41. The highest BCUT2D eigenvalue weighted by Crippen LogP contribution is 2.41. The number of esters is 1. The van der Waals surface area contributed by atoms with Gasteiger partial charge in [-0.1, -0.05) is 0 Å². The summed E-state index contributed by atoms with van der Waals surface area (Å²) < 4.78 is 45.6. The molecule has 1 aromatic carbocycles. The zero-order valence-corrected chi connectivity index (χ0v) is 20.7. The van der Waals surface area contributed by atoms with E-state index in [0.717, 1.165) is 11.8 Å². The summed E-state index contributed by atoms with van der Waals surface area (Å²) in [6.45, 7) is 4.61. The van der Waals surface area contributed by atoms with Crippen molar-refractivity contribution in [3.05, 3.63) is 47.9 Å². The van der Waals surface area contributed by atoms with E-state index in [4.69, 9.17) is 4.74 Å². The van der Waals surface area contributed by atoms with Crippen molar-refractivity contribution >= 4 is 23.4 Å². The van der Waals surface area contributed by atoms with Crippen molar-refractivity contribution in [3.63, 3.8) is 0 Å². The summed E-state index contributed by atoms with van der Waals surface area (Å²) in [6, 6.07) is 3.62. The van der Waals surface area contributed by atoms with Crippen LogP contribution in [0.3, 0.4) is 0 Å². The fourth-order valence-electron chi connectivity index (χ4n) is 5.78. The van der Waals surface area contributed by atoms with Crippen LogP contribution in [0.2, 0.25) is 0 Å². The lowest BCUT2D eigenvalue weighted by Gasteiger charge is -2.50. The van der Waals surface area contributed by atoms with E-state index in [2.05, 4.69) is 19.8 Å². The summed E-state index contributed by atoms with van der Waals surface area (Å²) in [5, 5.41) is 0. The molecule has 1 aromatic heterocycles. The van der Waals surface area contributed by atoms with E-state index in [-0.39, 0.29) is 30.3 Å². The van der Waals surface area contributed by atoms with Crippen molar-refractivity contribution in [1.29, 1.82) is 0 Å². The lowest BCUT2D eigenvalue weighted by Crippen LogP contribution is -2.62. The van der Waals surface area contributed by atoms with Crippen LogP contribution in [0.15, 0.2) is 36.8 Å².